The Labute approximate surface area is 139 Å². The molecule has 0 bridgehead atoms. The number of fused-ring (bicyclic) bond motifs is 1. The lowest BCUT2D eigenvalue weighted by molar-refractivity contribution is -0.0123. The highest BCUT2D eigenvalue weighted by Gasteiger charge is 2.30. The van der Waals surface area contributed by atoms with Crippen molar-refractivity contribution >= 4 is 11.0 Å². The standard InChI is InChI=1S/C18H20N4O2/c23-17-15-11-20-22(14-7-3-1-4-8-14)16(15)19-13-21(17)12-18(24)9-5-2-6-10-18/h1,3-4,7-8,11,13,24H,2,5-6,9-10,12H2. The average molecular weight is 324 g/mol. The molecule has 0 unspecified atom stereocenters. The zero-order chi connectivity index (χ0) is 16.6. The molecule has 1 saturated carbocycles. The summed E-state index contributed by atoms with van der Waals surface area (Å²) in [4.78, 5) is 17.2. The number of rotatable bonds is 3. The van der Waals surface area contributed by atoms with E-state index in [4.69, 9.17) is 0 Å². The van der Waals surface area contributed by atoms with Gasteiger partial charge in [0.15, 0.2) is 5.65 Å². The SMILES string of the molecule is O=c1c2cnn(-c3ccccc3)c2ncn1CC1(O)CCCCC1. The van der Waals surface area contributed by atoms with Gasteiger partial charge in [0.2, 0.25) is 0 Å². The van der Waals surface area contributed by atoms with Crippen LogP contribution < -0.4 is 5.56 Å². The zero-order valence-electron chi connectivity index (χ0n) is 13.4. The molecule has 0 radical (unpaired) electrons. The predicted octanol–water partition coefficient (Wildman–Crippen LogP) is 2.28. The molecular formula is C18H20N4O2. The second-order valence-electron chi connectivity index (χ2n) is 6.59. The van der Waals surface area contributed by atoms with E-state index in [0.29, 0.717) is 17.6 Å². The number of aliphatic hydroxyl groups is 1. The van der Waals surface area contributed by atoms with Crippen LogP contribution in [0.1, 0.15) is 32.1 Å². The predicted molar refractivity (Wildman–Crippen MR) is 91.2 cm³/mol. The minimum absolute atomic E-state index is 0.152. The third-order valence-corrected chi connectivity index (χ3v) is 4.80. The molecule has 1 N–H and O–H groups in total. The lowest BCUT2D eigenvalue weighted by atomic mass is 9.85. The summed E-state index contributed by atoms with van der Waals surface area (Å²) in [6.07, 6.45) is 7.72. The summed E-state index contributed by atoms with van der Waals surface area (Å²) >= 11 is 0. The molecule has 6 nitrogen and oxygen atoms in total. The average Bonchev–Trinajstić information content (AvgIpc) is 3.03. The van der Waals surface area contributed by atoms with E-state index in [0.717, 1.165) is 37.8 Å². The Hall–Kier alpha value is -2.47. The van der Waals surface area contributed by atoms with Gasteiger partial charge in [-0.05, 0) is 25.0 Å². The third-order valence-electron chi connectivity index (χ3n) is 4.80. The van der Waals surface area contributed by atoms with E-state index in [9.17, 15) is 9.90 Å². The summed E-state index contributed by atoms with van der Waals surface area (Å²) in [6, 6.07) is 9.61. The van der Waals surface area contributed by atoms with Crippen molar-refractivity contribution in [3.8, 4) is 5.69 Å². The summed E-state index contributed by atoms with van der Waals surface area (Å²) < 4.78 is 3.18. The van der Waals surface area contributed by atoms with Crippen molar-refractivity contribution in [1.29, 1.82) is 0 Å². The van der Waals surface area contributed by atoms with Gasteiger partial charge in [0.05, 0.1) is 24.0 Å². The topological polar surface area (TPSA) is 72.9 Å². The highest BCUT2D eigenvalue weighted by atomic mass is 16.3. The summed E-state index contributed by atoms with van der Waals surface area (Å²) in [6.45, 7) is 0.297. The van der Waals surface area contributed by atoms with E-state index in [1.165, 1.54) is 10.9 Å². The Morgan fingerprint density at radius 1 is 1.12 bits per heavy atom. The molecule has 124 valence electrons. The molecular weight excluding hydrogens is 304 g/mol. The first-order chi connectivity index (χ1) is 11.7. The van der Waals surface area contributed by atoms with Crippen LogP contribution in [-0.4, -0.2) is 30.0 Å². The molecule has 1 aliphatic rings. The van der Waals surface area contributed by atoms with E-state index in [2.05, 4.69) is 10.1 Å². The minimum atomic E-state index is -0.799. The van der Waals surface area contributed by atoms with Crippen molar-refractivity contribution in [3.63, 3.8) is 0 Å². The number of nitrogens with zero attached hydrogens (tertiary/aromatic N) is 4. The lowest BCUT2D eigenvalue weighted by Gasteiger charge is -2.32. The maximum absolute atomic E-state index is 12.7. The van der Waals surface area contributed by atoms with Crippen molar-refractivity contribution in [2.45, 2.75) is 44.2 Å². The van der Waals surface area contributed by atoms with Gasteiger partial charge in [-0.25, -0.2) is 9.67 Å². The largest absolute Gasteiger partial charge is 0.388 e. The fraction of sp³-hybridized carbons (Fsp3) is 0.389. The first-order valence-corrected chi connectivity index (χ1v) is 8.37. The normalized spacial score (nSPS) is 17.2. The minimum Gasteiger partial charge on any atom is -0.388 e. The molecule has 4 rings (SSSR count). The van der Waals surface area contributed by atoms with Gasteiger partial charge in [-0.3, -0.25) is 9.36 Å². The van der Waals surface area contributed by atoms with Crippen LogP contribution in [0.3, 0.4) is 0 Å². The van der Waals surface area contributed by atoms with E-state index < -0.39 is 5.60 Å². The lowest BCUT2D eigenvalue weighted by Crippen LogP contribution is -2.39. The Morgan fingerprint density at radius 2 is 1.88 bits per heavy atom. The number of hydrogen-bond donors (Lipinski definition) is 1. The van der Waals surface area contributed by atoms with Gasteiger partial charge in [0.1, 0.15) is 11.7 Å². The van der Waals surface area contributed by atoms with Gasteiger partial charge < -0.3 is 5.11 Å². The van der Waals surface area contributed by atoms with E-state index in [1.807, 2.05) is 30.3 Å². The molecule has 24 heavy (non-hydrogen) atoms. The Bertz CT molecular complexity index is 908. The molecule has 6 heteroatoms. The Kier molecular flexibility index (Phi) is 3.69. The molecule has 1 fully saturated rings. The fourth-order valence-electron chi connectivity index (χ4n) is 3.50. The quantitative estimate of drug-likeness (QED) is 0.802. The molecule has 3 aromatic rings. The highest BCUT2D eigenvalue weighted by Crippen LogP contribution is 2.29. The van der Waals surface area contributed by atoms with Gasteiger partial charge in [-0.2, -0.15) is 5.10 Å². The first kappa shape index (κ1) is 15.1. The molecule has 2 aromatic heterocycles. The highest BCUT2D eigenvalue weighted by molar-refractivity contribution is 5.74. The third kappa shape index (κ3) is 2.63. The van der Waals surface area contributed by atoms with E-state index in [-0.39, 0.29) is 5.56 Å². The van der Waals surface area contributed by atoms with Crippen LogP contribution in [0.2, 0.25) is 0 Å². The van der Waals surface area contributed by atoms with Crippen LogP contribution in [0.25, 0.3) is 16.7 Å². The summed E-state index contributed by atoms with van der Waals surface area (Å²) in [5.74, 6) is 0. The van der Waals surface area contributed by atoms with Crippen molar-refractivity contribution in [2.75, 3.05) is 0 Å². The molecule has 1 aliphatic carbocycles. The Balaban J connectivity index is 1.73. The molecule has 0 saturated heterocycles. The maximum Gasteiger partial charge on any atom is 0.264 e. The van der Waals surface area contributed by atoms with Crippen LogP contribution in [-0.2, 0) is 6.54 Å². The summed E-state index contributed by atoms with van der Waals surface area (Å²) in [7, 11) is 0. The second-order valence-corrected chi connectivity index (χ2v) is 6.59. The van der Waals surface area contributed by atoms with Crippen molar-refractivity contribution < 1.29 is 5.11 Å². The van der Waals surface area contributed by atoms with Crippen molar-refractivity contribution in [3.05, 3.63) is 53.2 Å². The first-order valence-electron chi connectivity index (χ1n) is 8.37. The van der Waals surface area contributed by atoms with Gasteiger partial charge in [0, 0.05) is 0 Å². The molecule has 0 spiro atoms. The van der Waals surface area contributed by atoms with Gasteiger partial charge in [-0.1, -0.05) is 37.5 Å². The number of aromatic nitrogens is 4. The molecule has 1 aromatic carbocycles. The molecule has 0 atom stereocenters. The smallest absolute Gasteiger partial charge is 0.264 e. The summed E-state index contributed by atoms with van der Waals surface area (Å²) in [5, 5.41) is 15.5. The molecule has 2 heterocycles. The van der Waals surface area contributed by atoms with Gasteiger partial charge in [-0.15, -0.1) is 0 Å². The fourth-order valence-corrected chi connectivity index (χ4v) is 3.50. The van der Waals surface area contributed by atoms with Crippen LogP contribution in [0.5, 0.6) is 0 Å². The van der Waals surface area contributed by atoms with Gasteiger partial charge >= 0.3 is 0 Å². The van der Waals surface area contributed by atoms with Crippen molar-refractivity contribution in [1.82, 2.24) is 19.3 Å². The number of para-hydroxylation sites is 1. The number of hydrogen-bond acceptors (Lipinski definition) is 4. The monoisotopic (exact) mass is 324 g/mol. The van der Waals surface area contributed by atoms with Crippen LogP contribution in [0, 0.1) is 0 Å². The van der Waals surface area contributed by atoms with Gasteiger partial charge in [0.25, 0.3) is 5.56 Å². The zero-order valence-corrected chi connectivity index (χ0v) is 13.4. The summed E-state index contributed by atoms with van der Waals surface area (Å²) in [5.41, 5.74) is 0.453. The van der Waals surface area contributed by atoms with Crippen LogP contribution in [0.4, 0.5) is 0 Å². The van der Waals surface area contributed by atoms with Crippen LogP contribution in [0.15, 0.2) is 47.7 Å². The molecule has 0 amide bonds. The number of benzene rings is 1. The molecule has 0 aliphatic heterocycles. The Morgan fingerprint density at radius 3 is 2.62 bits per heavy atom. The van der Waals surface area contributed by atoms with Crippen LogP contribution >= 0.6 is 0 Å². The van der Waals surface area contributed by atoms with E-state index in [1.54, 1.807) is 10.9 Å². The van der Waals surface area contributed by atoms with Crippen molar-refractivity contribution in [2.24, 2.45) is 0 Å². The second kappa shape index (κ2) is 5.87. The maximum atomic E-state index is 12.7. The van der Waals surface area contributed by atoms with E-state index >= 15 is 0 Å².